The number of rotatable bonds is 3. The van der Waals surface area contributed by atoms with Crippen molar-refractivity contribution in [2.45, 2.75) is 26.7 Å². The van der Waals surface area contributed by atoms with Crippen molar-refractivity contribution < 1.29 is 9.15 Å². The highest BCUT2D eigenvalue weighted by atomic mass is 16.5. The maximum atomic E-state index is 5.92. The molecule has 1 heterocycles. The molecule has 0 aliphatic carbocycles. The summed E-state index contributed by atoms with van der Waals surface area (Å²) in [5.41, 5.74) is 4.95. The molecule has 21 heavy (non-hydrogen) atoms. The van der Waals surface area contributed by atoms with Gasteiger partial charge in [0, 0.05) is 5.56 Å². The van der Waals surface area contributed by atoms with Crippen molar-refractivity contribution in [3.63, 3.8) is 0 Å². The largest absolute Gasteiger partial charge is 0.496 e. The number of methoxy groups -OCH3 is 1. The van der Waals surface area contributed by atoms with Crippen molar-refractivity contribution in [1.29, 1.82) is 0 Å². The van der Waals surface area contributed by atoms with Crippen LogP contribution in [-0.4, -0.2) is 12.1 Å². The third-order valence-corrected chi connectivity index (χ3v) is 3.71. The molecule has 0 aliphatic heterocycles. The average molecular weight is 281 g/mol. The first-order chi connectivity index (χ1) is 10.1. The van der Waals surface area contributed by atoms with Crippen LogP contribution >= 0.6 is 0 Å². The van der Waals surface area contributed by atoms with Crippen molar-refractivity contribution in [3.05, 3.63) is 47.5 Å². The van der Waals surface area contributed by atoms with E-state index in [1.807, 2.05) is 37.3 Å². The second kappa shape index (κ2) is 5.24. The van der Waals surface area contributed by atoms with Gasteiger partial charge in [-0.25, -0.2) is 4.98 Å². The number of hydrogen-bond acceptors (Lipinski definition) is 3. The molecule has 3 nitrogen and oxygen atoms in total. The van der Waals surface area contributed by atoms with Crippen molar-refractivity contribution in [2.24, 2.45) is 0 Å². The Morgan fingerprint density at radius 1 is 1.14 bits per heavy atom. The van der Waals surface area contributed by atoms with Crippen LogP contribution in [0.5, 0.6) is 5.75 Å². The van der Waals surface area contributed by atoms with Gasteiger partial charge in [-0.05, 0) is 42.2 Å². The summed E-state index contributed by atoms with van der Waals surface area (Å²) in [5, 5.41) is 0. The van der Waals surface area contributed by atoms with E-state index in [9.17, 15) is 0 Å². The maximum absolute atomic E-state index is 5.92. The molecule has 0 saturated heterocycles. The van der Waals surface area contributed by atoms with E-state index in [1.165, 1.54) is 5.56 Å². The topological polar surface area (TPSA) is 35.3 Å². The minimum atomic E-state index is 0.417. The molecule has 108 valence electrons. The number of hydrogen-bond donors (Lipinski definition) is 0. The van der Waals surface area contributed by atoms with Gasteiger partial charge < -0.3 is 9.15 Å². The zero-order valence-electron chi connectivity index (χ0n) is 12.8. The summed E-state index contributed by atoms with van der Waals surface area (Å²) in [6, 6.07) is 12.1. The van der Waals surface area contributed by atoms with E-state index in [1.54, 1.807) is 7.11 Å². The molecule has 0 fully saturated rings. The summed E-state index contributed by atoms with van der Waals surface area (Å²) in [7, 11) is 1.70. The summed E-state index contributed by atoms with van der Waals surface area (Å²) in [6.07, 6.45) is 0. The molecule has 0 amide bonds. The van der Waals surface area contributed by atoms with Gasteiger partial charge in [0.2, 0.25) is 5.89 Å². The smallest absolute Gasteiger partial charge is 0.227 e. The number of nitrogens with zero attached hydrogens (tertiary/aromatic N) is 1. The Hall–Kier alpha value is -2.29. The Balaban J connectivity index is 2.12. The predicted octanol–water partition coefficient (Wildman–Crippen LogP) is 4.94. The summed E-state index contributed by atoms with van der Waals surface area (Å²) < 4.78 is 11.4. The Morgan fingerprint density at radius 2 is 1.95 bits per heavy atom. The molecule has 1 aromatic heterocycles. The Kier molecular flexibility index (Phi) is 3.42. The number of ether oxygens (including phenoxy) is 1. The van der Waals surface area contributed by atoms with Gasteiger partial charge in [0.1, 0.15) is 11.3 Å². The highest BCUT2D eigenvalue weighted by Gasteiger charge is 2.13. The number of fused-ring (bicyclic) bond motifs is 1. The molecule has 0 atom stereocenters. The van der Waals surface area contributed by atoms with Crippen LogP contribution in [0.4, 0.5) is 0 Å². The Bertz CT molecular complexity index is 787. The highest BCUT2D eigenvalue weighted by molar-refractivity contribution is 5.79. The van der Waals surface area contributed by atoms with Crippen LogP contribution in [0.15, 0.2) is 40.8 Å². The van der Waals surface area contributed by atoms with Gasteiger partial charge in [-0.3, -0.25) is 0 Å². The van der Waals surface area contributed by atoms with Gasteiger partial charge in [0.15, 0.2) is 5.58 Å². The lowest BCUT2D eigenvalue weighted by Crippen LogP contribution is -1.94. The molecule has 3 heteroatoms. The number of benzene rings is 2. The lowest BCUT2D eigenvalue weighted by atomic mass is 10.0. The molecule has 0 saturated carbocycles. The van der Waals surface area contributed by atoms with Crippen molar-refractivity contribution >= 4 is 11.1 Å². The summed E-state index contributed by atoms with van der Waals surface area (Å²) in [6.45, 7) is 6.33. The monoisotopic (exact) mass is 281 g/mol. The second-order valence-corrected chi connectivity index (χ2v) is 5.55. The van der Waals surface area contributed by atoms with E-state index >= 15 is 0 Å². The number of para-hydroxylation sites is 1. The number of aryl methyl sites for hydroxylation is 1. The van der Waals surface area contributed by atoms with Gasteiger partial charge in [-0.15, -0.1) is 0 Å². The van der Waals surface area contributed by atoms with Crippen LogP contribution in [0.1, 0.15) is 30.9 Å². The second-order valence-electron chi connectivity index (χ2n) is 5.55. The normalized spacial score (nSPS) is 11.3. The summed E-state index contributed by atoms with van der Waals surface area (Å²) in [5.74, 6) is 1.93. The molecule has 0 N–H and O–H groups in total. The van der Waals surface area contributed by atoms with Crippen LogP contribution in [-0.2, 0) is 0 Å². The van der Waals surface area contributed by atoms with Crippen LogP contribution in [0, 0.1) is 6.92 Å². The van der Waals surface area contributed by atoms with Crippen molar-refractivity contribution in [3.8, 4) is 17.2 Å². The lowest BCUT2D eigenvalue weighted by Gasteiger charge is -2.12. The van der Waals surface area contributed by atoms with Crippen LogP contribution in [0.25, 0.3) is 22.6 Å². The van der Waals surface area contributed by atoms with E-state index in [4.69, 9.17) is 9.15 Å². The predicted molar refractivity (Wildman–Crippen MR) is 84.8 cm³/mol. The molecular weight excluding hydrogens is 262 g/mol. The zero-order valence-corrected chi connectivity index (χ0v) is 12.8. The minimum Gasteiger partial charge on any atom is -0.496 e. The van der Waals surface area contributed by atoms with Crippen LogP contribution < -0.4 is 4.74 Å². The fraction of sp³-hybridized carbons (Fsp3) is 0.278. The Morgan fingerprint density at radius 3 is 2.62 bits per heavy atom. The fourth-order valence-corrected chi connectivity index (χ4v) is 2.53. The van der Waals surface area contributed by atoms with Gasteiger partial charge in [-0.1, -0.05) is 32.0 Å². The van der Waals surface area contributed by atoms with E-state index in [0.717, 1.165) is 28.0 Å². The average Bonchev–Trinajstić information content (AvgIpc) is 2.92. The van der Waals surface area contributed by atoms with E-state index < -0.39 is 0 Å². The SMILES string of the molecule is COc1cc(-c2nc3cccc(C)c3o2)ccc1C(C)C. The lowest BCUT2D eigenvalue weighted by molar-refractivity contribution is 0.407. The van der Waals surface area contributed by atoms with Gasteiger partial charge in [0.05, 0.1) is 7.11 Å². The van der Waals surface area contributed by atoms with Crippen LogP contribution in [0.3, 0.4) is 0 Å². The number of oxazole rings is 1. The third-order valence-electron chi connectivity index (χ3n) is 3.71. The molecule has 0 aliphatic rings. The maximum Gasteiger partial charge on any atom is 0.227 e. The summed E-state index contributed by atoms with van der Waals surface area (Å²) in [4.78, 5) is 4.57. The molecule has 0 unspecified atom stereocenters. The standard InChI is InChI=1S/C18H19NO2/c1-11(2)14-9-8-13(10-16(14)20-4)18-19-15-7-5-6-12(3)17(15)21-18/h5-11H,1-4H3. The van der Waals surface area contributed by atoms with E-state index in [-0.39, 0.29) is 0 Å². The molecule has 0 bridgehead atoms. The fourth-order valence-electron chi connectivity index (χ4n) is 2.53. The zero-order chi connectivity index (χ0) is 15.0. The molecular formula is C18H19NO2. The molecule has 3 rings (SSSR count). The summed E-state index contributed by atoms with van der Waals surface area (Å²) >= 11 is 0. The molecule has 0 spiro atoms. The third kappa shape index (κ3) is 2.40. The van der Waals surface area contributed by atoms with Crippen LogP contribution in [0.2, 0.25) is 0 Å². The Labute approximate surface area is 124 Å². The number of aromatic nitrogens is 1. The van der Waals surface area contributed by atoms with Gasteiger partial charge in [0.25, 0.3) is 0 Å². The first-order valence-corrected chi connectivity index (χ1v) is 7.14. The first-order valence-electron chi connectivity index (χ1n) is 7.14. The van der Waals surface area contributed by atoms with E-state index in [0.29, 0.717) is 11.8 Å². The molecule has 0 radical (unpaired) electrons. The van der Waals surface area contributed by atoms with Gasteiger partial charge >= 0.3 is 0 Å². The van der Waals surface area contributed by atoms with E-state index in [2.05, 4.69) is 24.9 Å². The molecule has 2 aromatic carbocycles. The molecule has 3 aromatic rings. The van der Waals surface area contributed by atoms with Gasteiger partial charge in [-0.2, -0.15) is 0 Å². The van der Waals surface area contributed by atoms with Crippen molar-refractivity contribution in [1.82, 2.24) is 4.98 Å². The quantitative estimate of drug-likeness (QED) is 0.682. The highest BCUT2D eigenvalue weighted by Crippen LogP contribution is 2.33. The minimum absolute atomic E-state index is 0.417. The first kappa shape index (κ1) is 13.7. The van der Waals surface area contributed by atoms with Crippen molar-refractivity contribution in [2.75, 3.05) is 7.11 Å².